The number of nitrogens with one attached hydrogen (secondary N) is 2. The van der Waals surface area contributed by atoms with E-state index < -0.39 is 12.1 Å². The van der Waals surface area contributed by atoms with E-state index in [0.29, 0.717) is 25.8 Å². The summed E-state index contributed by atoms with van der Waals surface area (Å²) in [6.45, 7) is 5.57. The second-order valence-corrected chi connectivity index (χ2v) is 7.86. The van der Waals surface area contributed by atoms with Gasteiger partial charge in [0.2, 0.25) is 15.6 Å². The van der Waals surface area contributed by atoms with Crippen molar-refractivity contribution in [1.82, 2.24) is 15.5 Å². The normalized spacial score (nSPS) is 15.8. The lowest BCUT2D eigenvalue weighted by Crippen LogP contribution is -2.52. The molecule has 2 N–H and O–H groups in total. The molecular weight excluding hydrogens is 465 g/mol. The zero-order valence-electron chi connectivity index (χ0n) is 15.8. The smallest absolute Gasteiger partial charge is 0.253 e. The van der Waals surface area contributed by atoms with Gasteiger partial charge in [-0.25, -0.2) is 0 Å². The summed E-state index contributed by atoms with van der Waals surface area (Å²) in [6.07, 6.45) is 4.64. The molecule has 0 fully saturated rings. The predicted molar refractivity (Wildman–Crippen MR) is 108 cm³/mol. The Morgan fingerprint density at radius 1 is 1.00 bits per heavy atom. The fraction of sp³-hybridized carbons (Fsp3) is 0.611. The molecule has 4 amide bonds. The Labute approximate surface area is 172 Å². The molecule has 1 rings (SSSR count). The van der Waals surface area contributed by atoms with Crippen LogP contribution in [0, 0.1) is 5.92 Å². The van der Waals surface area contributed by atoms with E-state index in [9.17, 15) is 24.0 Å². The Morgan fingerprint density at radius 3 is 2.11 bits per heavy atom. The summed E-state index contributed by atoms with van der Waals surface area (Å²) in [5.41, 5.74) is 0. The van der Waals surface area contributed by atoms with Crippen LogP contribution in [0.4, 0.5) is 0 Å². The Hall–Kier alpha value is -1.78. The molecule has 2 unspecified atom stereocenters. The van der Waals surface area contributed by atoms with Gasteiger partial charge in [0.1, 0.15) is 6.04 Å². The minimum Gasteiger partial charge on any atom is -0.344 e. The third kappa shape index (κ3) is 7.77. The second-order valence-electron chi connectivity index (χ2n) is 6.80. The summed E-state index contributed by atoms with van der Waals surface area (Å²) in [5, 5.41) is 5.31. The molecule has 0 bridgehead atoms. The number of carbonyl (C=O) groups is 5. The van der Waals surface area contributed by atoms with Crippen LogP contribution in [0.2, 0.25) is 0 Å². The van der Waals surface area contributed by atoms with Crippen molar-refractivity contribution in [2.45, 2.75) is 58.5 Å². The molecule has 2 atom stereocenters. The van der Waals surface area contributed by atoms with Crippen LogP contribution >= 0.6 is 22.6 Å². The van der Waals surface area contributed by atoms with Crippen LogP contribution < -0.4 is 10.6 Å². The number of rotatable bonds is 11. The molecule has 1 heterocycles. The highest BCUT2D eigenvalue weighted by Crippen LogP contribution is 2.09. The van der Waals surface area contributed by atoms with Crippen molar-refractivity contribution in [3.05, 3.63) is 12.2 Å². The number of carbonyl (C=O) groups excluding carboxylic acids is 5. The predicted octanol–water partition coefficient (Wildman–Crippen LogP) is 1.08. The summed E-state index contributed by atoms with van der Waals surface area (Å²) < 4.78 is -0.181. The van der Waals surface area contributed by atoms with Crippen LogP contribution in [-0.4, -0.2) is 50.9 Å². The van der Waals surface area contributed by atoms with Gasteiger partial charge in [0.25, 0.3) is 11.8 Å². The highest BCUT2D eigenvalue weighted by molar-refractivity contribution is 14.1. The first-order chi connectivity index (χ1) is 12.6. The van der Waals surface area contributed by atoms with Gasteiger partial charge in [-0.3, -0.25) is 28.9 Å². The Kier molecular flexibility index (Phi) is 9.61. The average molecular weight is 491 g/mol. The molecular formula is C18H26IN3O5. The van der Waals surface area contributed by atoms with Gasteiger partial charge >= 0.3 is 0 Å². The highest BCUT2D eigenvalue weighted by Gasteiger charge is 2.26. The fourth-order valence-electron chi connectivity index (χ4n) is 2.52. The summed E-state index contributed by atoms with van der Waals surface area (Å²) in [6, 6.07) is -1.32. The first kappa shape index (κ1) is 23.3. The minimum absolute atomic E-state index is 0.120. The molecule has 0 aliphatic carbocycles. The third-order valence-electron chi connectivity index (χ3n) is 4.15. The topological polar surface area (TPSA) is 113 Å². The number of hydrogen-bond acceptors (Lipinski definition) is 5. The highest BCUT2D eigenvalue weighted by atomic mass is 127. The molecule has 0 saturated carbocycles. The number of amides is 4. The van der Waals surface area contributed by atoms with Gasteiger partial charge in [-0.1, -0.05) is 20.3 Å². The van der Waals surface area contributed by atoms with E-state index in [-0.39, 0.29) is 39.8 Å². The number of imide groups is 1. The largest absolute Gasteiger partial charge is 0.344 e. The number of hydrogen-bond donors (Lipinski definition) is 2. The molecule has 0 aromatic heterocycles. The summed E-state index contributed by atoms with van der Waals surface area (Å²) in [5.74, 6) is -1.35. The van der Waals surface area contributed by atoms with E-state index in [0.717, 1.165) is 0 Å². The summed E-state index contributed by atoms with van der Waals surface area (Å²) in [4.78, 5) is 59.7. The van der Waals surface area contributed by atoms with E-state index >= 15 is 0 Å². The van der Waals surface area contributed by atoms with E-state index in [2.05, 4.69) is 10.6 Å². The molecule has 150 valence electrons. The molecule has 9 heteroatoms. The fourth-order valence-corrected chi connectivity index (χ4v) is 2.68. The molecule has 0 saturated heterocycles. The van der Waals surface area contributed by atoms with Crippen LogP contribution in [0.3, 0.4) is 0 Å². The number of unbranched alkanes of at least 4 members (excludes halogenated alkanes) is 2. The minimum atomic E-state index is -0.707. The number of halogens is 1. The quantitative estimate of drug-likeness (QED) is 0.195. The van der Waals surface area contributed by atoms with Crippen molar-refractivity contribution in [1.29, 1.82) is 0 Å². The Balaban J connectivity index is 2.33. The molecule has 0 aromatic rings. The maximum absolute atomic E-state index is 12.3. The van der Waals surface area contributed by atoms with Crippen molar-refractivity contribution >= 4 is 50.0 Å². The Morgan fingerprint density at radius 2 is 1.59 bits per heavy atom. The molecule has 0 spiro atoms. The van der Waals surface area contributed by atoms with Gasteiger partial charge in [0.05, 0.1) is 6.04 Å². The van der Waals surface area contributed by atoms with Crippen LogP contribution in [0.5, 0.6) is 0 Å². The first-order valence-electron chi connectivity index (χ1n) is 8.96. The molecule has 8 nitrogen and oxygen atoms in total. The SMILES string of the molecule is CC(NC(=O)C(NC(=O)CCCCCN1C(=O)C=CC1=O)C(C)C)C(=O)I. The van der Waals surface area contributed by atoms with Crippen molar-refractivity contribution in [3.63, 3.8) is 0 Å². The lowest BCUT2D eigenvalue weighted by molar-refractivity contribution is -0.137. The zero-order valence-corrected chi connectivity index (χ0v) is 17.9. The lowest BCUT2D eigenvalue weighted by atomic mass is 10.0. The van der Waals surface area contributed by atoms with Crippen LogP contribution in [-0.2, 0) is 24.0 Å². The van der Waals surface area contributed by atoms with E-state index in [1.165, 1.54) is 17.1 Å². The molecule has 27 heavy (non-hydrogen) atoms. The van der Waals surface area contributed by atoms with Gasteiger partial charge in [0.15, 0.2) is 0 Å². The zero-order chi connectivity index (χ0) is 20.6. The number of nitrogens with zero attached hydrogens (tertiary/aromatic N) is 1. The lowest BCUT2D eigenvalue weighted by Gasteiger charge is -2.23. The second kappa shape index (κ2) is 11.2. The van der Waals surface area contributed by atoms with Gasteiger partial charge in [-0.15, -0.1) is 0 Å². The maximum atomic E-state index is 12.3. The molecule has 0 radical (unpaired) electrons. The maximum Gasteiger partial charge on any atom is 0.253 e. The van der Waals surface area contributed by atoms with E-state index in [4.69, 9.17) is 0 Å². The van der Waals surface area contributed by atoms with Gasteiger partial charge in [0, 0.05) is 47.7 Å². The van der Waals surface area contributed by atoms with Gasteiger partial charge < -0.3 is 10.6 Å². The molecule has 1 aliphatic heterocycles. The van der Waals surface area contributed by atoms with Crippen molar-refractivity contribution in [2.75, 3.05) is 6.54 Å². The van der Waals surface area contributed by atoms with Crippen LogP contribution in [0.25, 0.3) is 0 Å². The monoisotopic (exact) mass is 491 g/mol. The summed E-state index contributed by atoms with van der Waals surface area (Å²) in [7, 11) is 0. The van der Waals surface area contributed by atoms with E-state index in [1.807, 2.05) is 13.8 Å². The van der Waals surface area contributed by atoms with Gasteiger partial charge in [-0.2, -0.15) is 0 Å². The first-order valence-corrected chi connectivity index (χ1v) is 10.0. The molecule has 0 aromatic carbocycles. The third-order valence-corrected chi connectivity index (χ3v) is 5.09. The van der Waals surface area contributed by atoms with Crippen LogP contribution in [0.1, 0.15) is 46.5 Å². The standard InChI is InChI=1S/C18H26IN3O5/c1-11(2)16(18(27)20-12(3)17(19)26)21-13(23)7-5-4-6-10-22-14(24)8-9-15(22)25/h8-9,11-12,16H,4-7,10H2,1-3H3,(H,20,27)(H,21,23). The Bertz CT molecular complexity index is 614. The van der Waals surface area contributed by atoms with Crippen molar-refractivity contribution in [2.24, 2.45) is 5.92 Å². The van der Waals surface area contributed by atoms with E-state index in [1.54, 1.807) is 29.5 Å². The van der Waals surface area contributed by atoms with Crippen LogP contribution in [0.15, 0.2) is 12.2 Å². The van der Waals surface area contributed by atoms with Gasteiger partial charge in [-0.05, 0) is 25.7 Å². The average Bonchev–Trinajstić information content (AvgIpc) is 2.90. The molecule has 1 aliphatic rings. The van der Waals surface area contributed by atoms with Crippen molar-refractivity contribution < 1.29 is 24.0 Å². The van der Waals surface area contributed by atoms with Crippen molar-refractivity contribution in [3.8, 4) is 0 Å². The summed E-state index contributed by atoms with van der Waals surface area (Å²) >= 11 is 1.62.